The zero-order valence-corrected chi connectivity index (χ0v) is 11.6. The van der Waals surface area contributed by atoms with Crippen LogP contribution in [0.1, 0.15) is 55.3 Å². The normalized spacial score (nSPS) is 19.4. The second-order valence-corrected chi connectivity index (χ2v) is 6.04. The number of carbonyl (C=O) groups excluding carboxylic acids is 1. The highest BCUT2D eigenvalue weighted by molar-refractivity contribution is 7.09. The quantitative estimate of drug-likeness (QED) is 0.822. The molecule has 3 N–H and O–H groups in total. The van der Waals surface area contributed by atoms with E-state index < -0.39 is 6.04 Å². The first kappa shape index (κ1) is 13.5. The SMILES string of the molecule is Cc1nc(C(NC2CCCCCC2)C(N)=O)cs1. The van der Waals surface area contributed by atoms with E-state index in [9.17, 15) is 4.79 Å². The largest absolute Gasteiger partial charge is 0.368 e. The molecule has 1 heterocycles. The number of amides is 1. The topological polar surface area (TPSA) is 68.0 Å². The van der Waals surface area contributed by atoms with Crippen LogP contribution in [0.2, 0.25) is 0 Å². The molecule has 1 aliphatic rings. The van der Waals surface area contributed by atoms with Gasteiger partial charge in [-0.1, -0.05) is 25.7 Å². The smallest absolute Gasteiger partial charge is 0.240 e. The number of hydrogen-bond acceptors (Lipinski definition) is 4. The highest BCUT2D eigenvalue weighted by atomic mass is 32.1. The van der Waals surface area contributed by atoms with Gasteiger partial charge in [-0.3, -0.25) is 10.1 Å². The van der Waals surface area contributed by atoms with Crippen molar-refractivity contribution >= 4 is 17.2 Å². The molecule has 2 rings (SSSR count). The second-order valence-electron chi connectivity index (χ2n) is 4.98. The third kappa shape index (κ3) is 3.53. The molecule has 1 unspecified atom stereocenters. The number of nitrogens with one attached hydrogen (secondary N) is 1. The summed E-state index contributed by atoms with van der Waals surface area (Å²) in [6.45, 7) is 1.94. The maximum absolute atomic E-state index is 11.6. The van der Waals surface area contributed by atoms with Crippen molar-refractivity contribution in [2.24, 2.45) is 5.73 Å². The second kappa shape index (κ2) is 6.29. The molecule has 1 atom stereocenters. The number of aromatic nitrogens is 1. The summed E-state index contributed by atoms with van der Waals surface area (Å²) in [5.41, 5.74) is 6.27. The number of carbonyl (C=O) groups is 1. The van der Waals surface area contributed by atoms with E-state index >= 15 is 0 Å². The number of nitrogens with two attached hydrogens (primary N) is 1. The molecule has 100 valence electrons. The molecule has 0 radical (unpaired) electrons. The van der Waals surface area contributed by atoms with Gasteiger partial charge in [-0.05, 0) is 19.8 Å². The van der Waals surface area contributed by atoms with Crippen molar-refractivity contribution in [3.05, 3.63) is 16.1 Å². The Kier molecular flexibility index (Phi) is 4.72. The lowest BCUT2D eigenvalue weighted by Crippen LogP contribution is -2.40. The fourth-order valence-electron chi connectivity index (χ4n) is 2.51. The van der Waals surface area contributed by atoms with E-state index in [1.807, 2.05) is 12.3 Å². The van der Waals surface area contributed by atoms with Crippen molar-refractivity contribution in [3.8, 4) is 0 Å². The Labute approximate surface area is 112 Å². The van der Waals surface area contributed by atoms with Gasteiger partial charge in [0, 0.05) is 11.4 Å². The molecule has 18 heavy (non-hydrogen) atoms. The van der Waals surface area contributed by atoms with Gasteiger partial charge in [-0.2, -0.15) is 0 Å². The summed E-state index contributed by atoms with van der Waals surface area (Å²) in [5, 5.41) is 6.29. The lowest BCUT2D eigenvalue weighted by Gasteiger charge is -2.21. The molecule has 4 nitrogen and oxygen atoms in total. The molecule has 0 saturated heterocycles. The molecule has 0 spiro atoms. The summed E-state index contributed by atoms with van der Waals surface area (Å²) >= 11 is 1.56. The van der Waals surface area contributed by atoms with Crippen LogP contribution < -0.4 is 11.1 Å². The van der Waals surface area contributed by atoms with Crippen LogP contribution >= 0.6 is 11.3 Å². The van der Waals surface area contributed by atoms with Gasteiger partial charge in [0.1, 0.15) is 6.04 Å². The molecule has 1 fully saturated rings. The van der Waals surface area contributed by atoms with Crippen LogP contribution in [0.25, 0.3) is 0 Å². The highest BCUT2D eigenvalue weighted by Crippen LogP contribution is 2.22. The van der Waals surface area contributed by atoms with Crippen LogP contribution in [0, 0.1) is 6.92 Å². The minimum Gasteiger partial charge on any atom is -0.368 e. The number of rotatable bonds is 4. The summed E-state index contributed by atoms with van der Waals surface area (Å²) in [7, 11) is 0. The van der Waals surface area contributed by atoms with E-state index in [0.717, 1.165) is 23.5 Å². The van der Waals surface area contributed by atoms with Crippen LogP contribution in [0.5, 0.6) is 0 Å². The predicted octanol–water partition coefficient (Wildman–Crippen LogP) is 2.29. The summed E-state index contributed by atoms with van der Waals surface area (Å²) < 4.78 is 0. The first-order chi connectivity index (χ1) is 8.66. The van der Waals surface area contributed by atoms with Crippen molar-refractivity contribution in [3.63, 3.8) is 0 Å². The molecule has 1 aromatic heterocycles. The number of thiazole rings is 1. The van der Waals surface area contributed by atoms with Crippen molar-refractivity contribution in [2.75, 3.05) is 0 Å². The maximum atomic E-state index is 11.6. The zero-order valence-electron chi connectivity index (χ0n) is 10.8. The van der Waals surface area contributed by atoms with E-state index in [2.05, 4.69) is 10.3 Å². The van der Waals surface area contributed by atoms with Gasteiger partial charge in [-0.15, -0.1) is 11.3 Å². The predicted molar refractivity (Wildman–Crippen MR) is 73.4 cm³/mol. The number of hydrogen-bond donors (Lipinski definition) is 2. The average molecular weight is 267 g/mol. The monoisotopic (exact) mass is 267 g/mol. The first-order valence-electron chi connectivity index (χ1n) is 6.64. The van der Waals surface area contributed by atoms with Crippen molar-refractivity contribution < 1.29 is 4.79 Å². The van der Waals surface area contributed by atoms with Crippen LogP contribution in [0.3, 0.4) is 0 Å². The number of nitrogens with zero attached hydrogens (tertiary/aromatic N) is 1. The Bertz CT molecular complexity index is 397. The van der Waals surface area contributed by atoms with Crippen LogP contribution in [0.15, 0.2) is 5.38 Å². The maximum Gasteiger partial charge on any atom is 0.240 e. The zero-order chi connectivity index (χ0) is 13.0. The molecular formula is C13H21N3OS. The third-order valence-electron chi connectivity index (χ3n) is 3.47. The molecular weight excluding hydrogens is 246 g/mol. The highest BCUT2D eigenvalue weighted by Gasteiger charge is 2.24. The number of primary amides is 1. The lowest BCUT2D eigenvalue weighted by atomic mass is 10.1. The molecule has 5 heteroatoms. The van der Waals surface area contributed by atoms with Gasteiger partial charge >= 0.3 is 0 Å². The number of aryl methyl sites for hydroxylation is 1. The van der Waals surface area contributed by atoms with E-state index in [4.69, 9.17) is 5.73 Å². The van der Waals surface area contributed by atoms with E-state index in [0.29, 0.717) is 6.04 Å². The van der Waals surface area contributed by atoms with Crippen LogP contribution in [-0.2, 0) is 4.79 Å². The van der Waals surface area contributed by atoms with Crippen LogP contribution in [0.4, 0.5) is 0 Å². The summed E-state index contributed by atoms with van der Waals surface area (Å²) in [6, 6.07) is -0.0370. The van der Waals surface area contributed by atoms with E-state index in [1.54, 1.807) is 11.3 Å². The molecule has 0 aliphatic heterocycles. The summed E-state index contributed by atoms with van der Waals surface area (Å²) in [4.78, 5) is 16.0. The minimum absolute atomic E-state index is 0.329. The fourth-order valence-corrected chi connectivity index (χ4v) is 3.15. The van der Waals surface area contributed by atoms with Crippen molar-refractivity contribution in [1.29, 1.82) is 0 Å². The minimum atomic E-state index is -0.432. The Balaban J connectivity index is 2.04. The van der Waals surface area contributed by atoms with Gasteiger partial charge in [0.15, 0.2) is 0 Å². The van der Waals surface area contributed by atoms with Gasteiger partial charge in [0.05, 0.1) is 10.7 Å². The molecule has 1 aromatic rings. The van der Waals surface area contributed by atoms with Crippen LogP contribution in [-0.4, -0.2) is 16.9 Å². The fraction of sp³-hybridized carbons (Fsp3) is 0.692. The molecule has 1 saturated carbocycles. The Morgan fingerprint density at radius 3 is 2.61 bits per heavy atom. The van der Waals surface area contributed by atoms with Crippen molar-refractivity contribution in [1.82, 2.24) is 10.3 Å². The van der Waals surface area contributed by atoms with Crippen molar-refractivity contribution in [2.45, 2.75) is 57.5 Å². The van der Waals surface area contributed by atoms with Gasteiger partial charge in [-0.25, -0.2) is 4.98 Å². The Morgan fingerprint density at radius 2 is 2.11 bits per heavy atom. The van der Waals surface area contributed by atoms with Gasteiger partial charge in [0.2, 0.25) is 5.91 Å². The molecule has 0 aromatic carbocycles. The Hall–Kier alpha value is -0.940. The first-order valence-corrected chi connectivity index (χ1v) is 7.52. The summed E-state index contributed by atoms with van der Waals surface area (Å²) in [6.07, 6.45) is 7.34. The molecule has 0 bridgehead atoms. The Morgan fingerprint density at radius 1 is 1.44 bits per heavy atom. The van der Waals surface area contributed by atoms with Gasteiger partial charge in [0.25, 0.3) is 0 Å². The summed E-state index contributed by atoms with van der Waals surface area (Å²) in [5.74, 6) is -0.329. The average Bonchev–Trinajstić information content (AvgIpc) is 2.61. The van der Waals surface area contributed by atoms with Gasteiger partial charge < -0.3 is 5.73 Å². The lowest BCUT2D eigenvalue weighted by molar-refractivity contribution is -0.120. The van der Waals surface area contributed by atoms with E-state index in [-0.39, 0.29) is 5.91 Å². The molecule has 1 amide bonds. The third-order valence-corrected chi connectivity index (χ3v) is 4.27. The molecule has 1 aliphatic carbocycles. The van der Waals surface area contributed by atoms with E-state index in [1.165, 1.54) is 25.7 Å². The standard InChI is InChI=1S/C13H21N3OS/c1-9-15-11(8-18-9)12(13(14)17)16-10-6-4-2-3-5-7-10/h8,10,12,16H,2-7H2,1H3,(H2,14,17).